The normalized spacial score (nSPS) is 10.6. The minimum Gasteiger partial charge on any atom is -0.492 e. The fourth-order valence-corrected chi connectivity index (χ4v) is 4.30. The molecule has 0 spiro atoms. The van der Waals surface area contributed by atoms with Crippen LogP contribution in [-0.4, -0.2) is 17.5 Å². The van der Waals surface area contributed by atoms with E-state index in [0.717, 1.165) is 20.8 Å². The lowest BCUT2D eigenvalue weighted by Crippen LogP contribution is -2.15. The maximum Gasteiger partial charge on any atom is 0.230 e. The molecule has 0 aliphatic heterocycles. The molecule has 140 valence electrons. The van der Waals surface area contributed by atoms with Crippen molar-refractivity contribution in [2.45, 2.75) is 23.4 Å². The smallest absolute Gasteiger partial charge is 0.230 e. The molecule has 1 amide bonds. The summed E-state index contributed by atoms with van der Waals surface area (Å²) in [6.45, 7) is 2.46. The molecule has 0 fully saturated rings. The van der Waals surface area contributed by atoms with Gasteiger partial charge in [0.2, 0.25) is 5.91 Å². The van der Waals surface area contributed by atoms with E-state index < -0.39 is 0 Å². The van der Waals surface area contributed by atoms with E-state index in [2.05, 4.69) is 10.3 Å². The van der Waals surface area contributed by atoms with E-state index in [4.69, 9.17) is 16.3 Å². The van der Waals surface area contributed by atoms with Crippen molar-refractivity contribution in [2.24, 2.45) is 0 Å². The molecule has 0 aliphatic rings. The molecule has 0 atom stereocenters. The van der Waals surface area contributed by atoms with Gasteiger partial charge in [0.25, 0.3) is 0 Å². The van der Waals surface area contributed by atoms with E-state index in [9.17, 15) is 4.79 Å². The second-order valence-corrected chi connectivity index (χ2v) is 8.19. The average molecular weight is 419 g/mol. The maximum atomic E-state index is 12.3. The molecular formula is C20H19ClN2O2S2. The van der Waals surface area contributed by atoms with Crippen molar-refractivity contribution in [2.75, 3.05) is 11.9 Å². The summed E-state index contributed by atoms with van der Waals surface area (Å²) in [5, 5.41) is 5.56. The Balaban J connectivity index is 1.54. The van der Waals surface area contributed by atoms with Crippen LogP contribution in [0.3, 0.4) is 0 Å². The van der Waals surface area contributed by atoms with Crippen molar-refractivity contribution in [1.82, 2.24) is 4.98 Å². The fraction of sp³-hybridized carbons (Fsp3) is 0.200. The number of nitrogens with one attached hydrogen (secondary N) is 1. The van der Waals surface area contributed by atoms with Crippen LogP contribution in [0.1, 0.15) is 18.2 Å². The lowest BCUT2D eigenvalue weighted by atomic mass is 10.2. The van der Waals surface area contributed by atoms with Gasteiger partial charge in [-0.3, -0.25) is 4.79 Å². The second-order valence-electron chi connectivity index (χ2n) is 5.67. The summed E-state index contributed by atoms with van der Waals surface area (Å²) in [6.07, 6.45) is 0.235. The van der Waals surface area contributed by atoms with Crippen LogP contribution in [0, 0.1) is 0 Å². The third-order valence-electron chi connectivity index (χ3n) is 3.61. The number of hydrogen-bond acceptors (Lipinski definition) is 5. The van der Waals surface area contributed by atoms with Gasteiger partial charge in [-0.15, -0.1) is 11.3 Å². The van der Waals surface area contributed by atoms with E-state index in [-0.39, 0.29) is 12.3 Å². The summed E-state index contributed by atoms with van der Waals surface area (Å²) in [5.74, 6) is 1.38. The molecule has 1 N–H and O–H groups in total. The van der Waals surface area contributed by atoms with Crippen LogP contribution < -0.4 is 10.1 Å². The Bertz CT molecular complexity index is 897. The van der Waals surface area contributed by atoms with Gasteiger partial charge in [0, 0.05) is 16.2 Å². The van der Waals surface area contributed by atoms with Crippen molar-refractivity contribution in [3.05, 3.63) is 70.2 Å². The largest absolute Gasteiger partial charge is 0.492 e. The Kier molecular flexibility index (Phi) is 7.15. The molecule has 0 saturated carbocycles. The van der Waals surface area contributed by atoms with Gasteiger partial charge >= 0.3 is 0 Å². The molecule has 7 heteroatoms. The molecule has 1 heterocycles. The Hall–Kier alpha value is -2.02. The molecule has 0 aliphatic carbocycles. The number of carbonyl (C=O) groups is 1. The molecular weight excluding hydrogens is 400 g/mol. The zero-order chi connectivity index (χ0) is 19.1. The predicted octanol–water partition coefficient (Wildman–Crippen LogP) is 5.67. The van der Waals surface area contributed by atoms with Crippen LogP contribution in [0.2, 0.25) is 5.02 Å². The van der Waals surface area contributed by atoms with Crippen LogP contribution in [0.15, 0.2) is 58.3 Å². The average Bonchev–Trinajstić information content (AvgIpc) is 3.10. The van der Waals surface area contributed by atoms with E-state index in [0.29, 0.717) is 18.0 Å². The molecule has 0 radical (unpaired) electrons. The molecule has 1 aromatic heterocycles. The zero-order valence-electron chi connectivity index (χ0n) is 14.8. The van der Waals surface area contributed by atoms with Crippen molar-refractivity contribution < 1.29 is 9.53 Å². The highest BCUT2D eigenvalue weighted by Gasteiger charge is 2.11. The summed E-state index contributed by atoms with van der Waals surface area (Å²) in [7, 11) is 0. The van der Waals surface area contributed by atoms with Gasteiger partial charge in [-0.1, -0.05) is 47.6 Å². The number of halogens is 1. The number of hydrogen-bond donors (Lipinski definition) is 1. The zero-order valence-corrected chi connectivity index (χ0v) is 17.2. The van der Waals surface area contributed by atoms with Crippen LogP contribution in [0.4, 0.5) is 5.69 Å². The summed E-state index contributed by atoms with van der Waals surface area (Å²) < 4.78 is 6.48. The first kappa shape index (κ1) is 19.7. The first-order chi connectivity index (χ1) is 13.1. The van der Waals surface area contributed by atoms with Crippen LogP contribution >= 0.6 is 34.7 Å². The van der Waals surface area contributed by atoms with Gasteiger partial charge < -0.3 is 10.1 Å². The second kappa shape index (κ2) is 9.78. The van der Waals surface area contributed by atoms with Crippen LogP contribution in [0.5, 0.6) is 5.75 Å². The molecule has 3 rings (SSSR count). The third kappa shape index (κ3) is 5.99. The van der Waals surface area contributed by atoms with Gasteiger partial charge in [-0.2, -0.15) is 0 Å². The van der Waals surface area contributed by atoms with Crippen molar-refractivity contribution in [1.29, 1.82) is 0 Å². The summed E-state index contributed by atoms with van der Waals surface area (Å²) >= 11 is 9.11. The van der Waals surface area contributed by atoms with Gasteiger partial charge in [-0.25, -0.2) is 4.98 Å². The highest BCUT2D eigenvalue weighted by atomic mass is 35.5. The fourth-order valence-electron chi connectivity index (χ4n) is 2.37. The highest BCUT2D eigenvalue weighted by Crippen LogP contribution is 2.27. The minimum absolute atomic E-state index is 0.110. The SMILES string of the molecule is CCOc1ccccc1NC(=O)Cc1csc(SCc2ccc(Cl)cc2)n1. The monoisotopic (exact) mass is 418 g/mol. The number of para-hydroxylation sites is 2. The van der Waals surface area contributed by atoms with Gasteiger partial charge in [-0.05, 0) is 36.8 Å². The number of carbonyl (C=O) groups excluding carboxylic acids is 1. The van der Waals surface area contributed by atoms with Crippen molar-refractivity contribution >= 4 is 46.3 Å². The quantitative estimate of drug-likeness (QED) is 0.479. The number of nitrogens with zero attached hydrogens (tertiary/aromatic N) is 1. The number of thiazole rings is 1. The summed E-state index contributed by atoms with van der Waals surface area (Å²) in [4.78, 5) is 16.9. The molecule has 3 aromatic rings. The minimum atomic E-state index is -0.110. The number of thioether (sulfide) groups is 1. The number of anilines is 1. The molecule has 2 aromatic carbocycles. The molecule has 0 unspecified atom stereocenters. The summed E-state index contributed by atoms with van der Waals surface area (Å²) in [6, 6.07) is 15.2. The number of aromatic nitrogens is 1. The van der Waals surface area contributed by atoms with Gasteiger partial charge in [0.05, 0.1) is 24.4 Å². The van der Waals surface area contributed by atoms with E-state index in [1.165, 1.54) is 5.56 Å². The maximum absolute atomic E-state index is 12.3. The highest BCUT2D eigenvalue weighted by molar-refractivity contribution is 8.00. The van der Waals surface area contributed by atoms with Crippen LogP contribution in [-0.2, 0) is 17.0 Å². The Labute approximate surface area is 171 Å². The van der Waals surface area contributed by atoms with E-state index in [1.54, 1.807) is 23.1 Å². The summed E-state index contributed by atoms with van der Waals surface area (Å²) in [5.41, 5.74) is 2.63. The van der Waals surface area contributed by atoms with Gasteiger partial charge in [0.15, 0.2) is 0 Å². The van der Waals surface area contributed by atoms with E-state index >= 15 is 0 Å². The predicted molar refractivity (Wildman–Crippen MR) is 113 cm³/mol. The lowest BCUT2D eigenvalue weighted by Gasteiger charge is -2.10. The molecule has 4 nitrogen and oxygen atoms in total. The lowest BCUT2D eigenvalue weighted by molar-refractivity contribution is -0.115. The Morgan fingerprint density at radius 3 is 2.78 bits per heavy atom. The number of ether oxygens (including phenoxy) is 1. The number of benzene rings is 2. The number of amides is 1. The van der Waals surface area contributed by atoms with Crippen molar-refractivity contribution in [3.63, 3.8) is 0 Å². The molecule has 0 saturated heterocycles. The van der Waals surface area contributed by atoms with Gasteiger partial charge in [0.1, 0.15) is 10.1 Å². The Morgan fingerprint density at radius 1 is 1.22 bits per heavy atom. The third-order valence-corrected chi connectivity index (χ3v) is 6.00. The standard InChI is InChI=1S/C20H19ClN2O2S2/c1-2-25-18-6-4-3-5-17(18)23-19(24)11-16-13-27-20(22-16)26-12-14-7-9-15(21)10-8-14/h3-10,13H,2,11-12H2,1H3,(H,23,24). The van der Waals surface area contributed by atoms with Crippen molar-refractivity contribution in [3.8, 4) is 5.75 Å². The molecule has 0 bridgehead atoms. The topological polar surface area (TPSA) is 51.2 Å². The first-order valence-electron chi connectivity index (χ1n) is 8.47. The Morgan fingerprint density at radius 2 is 2.00 bits per heavy atom. The first-order valence-corrected chi connectivity index (χ1v) is 10.7. The molecule has 27 heavy (non-hydrogen) atoms. The van der Waals surface area contributed by atoms with E-state index in [1.807, 2.05) is 60.8 Å². The van der Waals surface area contributed by atoms with Crippen LogP contribution in [0.25, 0.3) is 0 Å². The number of rotatable bonds is 8.